The molecule has 4 rings (SSSR count). The van der Waals surface area contributed by atoms with Gasteiger partial charge in [0, 0.05) is 58.0 Å². The van der Waals surface area contributed by atoms with Crippen molar-refractivity contribution in [2.45, 2.75) is 70.5 Å². The number of amides is 5. The molecule has 10 nitrogen and oxygen atoms in total. The van der Waals surface area contributed by atoms with Gasteiger partial charge in [0.15, 0.2) is 0 Å². The molecule has 1 aromatic rings. The number of carbonyl (C=O) groups is 4. The van der Waals surface area contributed by atoms with Gasteiger partial charge in [-0.3, -0.25) is 14.4 Å². The van der Waals surface area contributed by atoms with Crippen molar-refractivity contribution in [2.75, 3.05) is 51.5 Å². The second-order valence-corrected chi connectivity index (χ2v) is 12.9. The van der Waals surface area contributed by atoms with E-state index in [1.54, 1.807) is 17.9 Å². The zero-order valence-electron chi connectivity index (χ0n) is 25.7. The summed E-state index contributed by atoms with van der Waals surface area (Å²) in [6, 6.07) is 2.34. The number of likely N-dealkylation sites (N-methyl/N-ethyl adjacent to an activating group) is 2. The Morgan fingerprint density at radius 3 is 2.37 bits per heavy atom. The Labute approximate surface area is 259 Å². The predicted molar refractivity (Wildman–Crippen MR) is 164 cm³/mol. The Morgan fingerprint density at radius 2 is 1.79 bits per heavy atom. The highest BCUT2D eigenvalue weighted by atomic mass is 35.5. The van der Waals surface area contributed by atoms with Crippen LogP contribution in [0.4, 0.5) is 14.9 Å². The third kappa shape index (κ3) is 9.04. The van der Waals surface area contributed by atoms with Crippen LogP contribution in [0.25, 0.3) is 0 Å². The Hall–Kier alpha value is -2.92. The minimum Gasteiger partial charge on any atom is -0.342 e. The van der Waals surface area contributed by atoms with Gasteiger partial charge in [0.2, 0.25) is 17.7 Å². The van der Waals surface area contributed by atoms with E-state index in [2.05, 4.69) is 20.9 Å². The number of hydrogen-bond acceptors (Lipinski definition) is 5. The number of benzene rings is 1. The maximum absolute atomic E-state index is 15.2. The summed E-state index contributed by atoms with van der Waals surface area (Å²) < 4.78 is 15.2. The number of urea groups is 1. The van der Waals surface area contributed by atoms with Crippen molar-refractivity contribution in [2.24, 2.45) is 17.8 Å². The van der Waals surface area contributed by atoms with Gasteiger partial charge in [0.05, 0.1) is 5.69 Å². The van der Waals surface area contributed by atoms with Crippen molar-refractivity contribution in [3.8, 4) is 0 Å². The number of anilines is 1. The molecule has 1 aromatic carbocycles. The average molecular weight is 621 g/mol. The molecule has 1 aliphatic heterocycles. The van der Waals surface area contributed by atoms with Crippen LogP contribution in [0.5, 0.6) is 0 Å². The SMILES string of the molecule is CC1CN(C(=O)C(Cc2ccc(NC(=O)CC(C3CC3)C3CC3)c(F)c2)NC(=O)C(C)N(C)C(=O)NCCCl)CCN1C. The molecule has 2 aliphatic carbocycles. The standard InChI is InChI=1S/C31H46ClFN6O4/c1-19-18-39(14-13-37(19)3)30(42)27(36-29(41)20(2)38(4)31(43)34-12-11-32)16-21-5-10-26(25(33)15-21)35-28(40)17-24(22-6-7-22)23-8-9-23/h5,10,15,19-20,22-24,27H,6-9,11-14,16-18H2,1-4H3,(H,34,43)(H,35,40)(H,36,41). The number of alkyl halides is 1. The number of nitrogens with zero attached hydrogens (tertiary/aromatic N) is 3. The molecule has 2 saturated carbocycles. The van der Waals surface area contributed by atoms with E-state index in [1.165, 1.54) is 49.8 Å². The number of hydrogen-bond donors (Lipinski definition) is 3. The molecular formula is C31H46ClFN6O4. The van der Waals surface area contributed by atoms with E-state index in [4.69, 9.17) is 11.6 Å². The number of halogens is 2. The third-order valence-electron chi connectivity index (χ3n) is 9.16. The first-order valence-corrected chi connectivity index (χ1v) is 16.0. The molecule has 1 saturated heterocycles. The van der Waals surface area contributed by atoms with Crippen LogP contribution in [0, 0.1) is 23.6 Å². The van der Waals surface area contributed by atoms with Gasteiger partial charge in [-0.15, -0.1) is 11.6 Å². The lowest BCUT2D eigenvalue weighted by atomic mass is 9.94. The lowest BCUT2D eigenvalue weighted by molar-refractivity contribution is -0.139. The van der Waals surface area contributed by atoms with Gasteiger partial charge in [-0.05, 0) is 82.0 Å². The highest BCUT2D eigenvalue weighted by Gasteiger charge is 2.42. The van der Waals surface area contributed by atoms with Crippen molar-refractivity contribution < 1.29 is 23.6 Å². The zero-order chi connectivity index (χ0) is 31.3. The van der Waals surface area contributed by atoms with Crippen LogP contribution in [-0.2, 0) is 20.8 Å². The first kappa shape index (κ1) is 33.0. The molecule has 1 heterocycles. The van der Waals surface area contributed by atoms with Gasteiger partial charge in [-0.2, -0.15) is 0 Å². The van der Waals surface area contributed by atoms with Crippen LogP contribution in [-0.4, -0.2) is 103 Å². The smallest absolute Gasteiger partial charge is 0.317 e. The number of nitrogens with one attached hydrogen (secondary N) is 3. The van der Waals surface area contributed by atoms with E-state index in [-0.39, 0.29) is 42.4 Å². The van der Waals surface area contributed by atoms with E-state index in [1.807, 2.05) is 14.0 Å². The van der Waals surface area contributed by atoms with Gasteiger partial charge in [-0.25, -0.2) is 9.18 Å². The quantitative estimate of drug-likeness (QED) is 0.294. The van der Waals surface area contributed by atoms with Gasteiger partial charge < -0.3 is 30.7 Å². The molecule has 238 valence electrons. The summed E-state index contributed by atoms with van der Waals surface area (Å²) in [4.78, 5) is 57.2. The van der Waals surface area contributed by atoms with Gasteiger partial charge in [0.1, 0.15) is 17.9 Å². The van der Waals surface area contributed by atoms with E-state index < -0.39 is 29.8 Å². The maximum Gasteiger partial charge on any atom is 0.317 e. The zero-order valence-corrected chi connectivity index (χ0v) is 26.5. The molecule has 0 spiro atoms. The Kier molecular flexibility index (Phi) is 11.3. The molecule has 3 fully saturated rings. The summed E-state index contributed by atoms with van der Waals surface area (Å²) in [6.45, 7) is 5.56. The lowest BCUT2D eigenvalue weighted by Gasteiger charge is -2.39. The fourth-order valence-electron chi connectivity index (χ4n) is 5.80. The predicted octanol–water partition coefficient (Wildman–Crippen LogP) is 3.05. The maximum atomic E-state index is 15.2. The number of carbonyl (C=O) groups excluding carboxylic acids is 4. The topological polar surface area (TPSA) is 114 Å². The van der Waals surface area contributed by atoms with Crippen LogP contribution < -0.4 is 16.0 Å². The summed E-state index contributed by atoms with van der Waals surface area (Å²) in [6.07, 6.45) is 5.18. The molecule has 12 heteroatoms. The van der Waals surface area contributed by atoms with Crippen LogP contribution in [0.15, 0.2) is 18.2 Å². The molecule has 0 radical (unpaired) electrons. The van der Waals surface area contributed by atoms with Crippen molar-refractivity contribution in [1.29, 1.82) is 0 Å². The fraction of sp³-hybridized carbons (Fsp3) is 0.677. The first-order chi connectivity index (χ1) is 20.5. The molecule has 0 aromatic heterocycles. The minimum atomic E-state index is -0.970. The van der Waals surface area contributed by atoms with Gasteiger partial charge in [-0.1, -0.05) is 6.07 Å². The van der Waals surface area contributed by atoms with Crippen LogP contribution in [0.3, 0.4) is 0 Å². The average Bonchev–Trinajstić information content (AvgIpc) is 3.90. The van der Waals surface area contributed by atoms with E-state index in [0.717, 1.165) is 0 Å². The van der Waals surface area contributed by atoms with Crippen molar-refractivity contribution in [1.82, 2.24) is 25.3 Å². The van der Waals surface area contributed by atoms with E-state index in [0.29, 0.717) is 49.4 Å². The molecule has 3 aliphatic rings. The molecule has 3 N–H and O–H groups in total. The van der Waals surface area contributed by atoms with Crippen molar-refractivity contribution in [3.05, 3.63) is 29.6 Å². The molecular weight excluding hydrogens is 575 g/mol. The largest absolute Gasteiger partial charge is 0.342 e. The van der Waals surface area contributed by atoms with Crippen LogP contribution in [0.2, 0.25) is 0 Å². The summed E-state index contributed by atoms with van der Waals surface area (Å²) in [7, 11) is 3.49. The normalized spacial score (nSPS) is 20.3. The summed E-state index contributed by atoms with van der Waals surface area (Å²) in [5.74, 6) is 0.349. The summed E-state index contributed by atoms with van der Waals surface area (Å²) >= 11 is 5.65. The number of rotatable bonds is 13. The molecule has 3 atom stereocenters. The van der Waals surface area contributed by atoms with Crippen molar-refractivity contribution >= 4 is 41.0 Å². The second-order valence-electron chi connectivity index (χ2n) is 12.5. The molecule has 5 amide bonds. The van der Waals surface area contributed by atoms with E-state index >= 15 is 4.39 Å². The summed E-state index contributed by atoms with van der Waals surface area (Å²) in [5.41, 5.74) is 0.614. The Balaban J connectivity index is 1.44. The summed E-state index contributed by atoms with van der Waals surface area (Å²) in [5, 5.41) is 8.18. The van der Waals surface area contributed by atoms with Gasteiger partial charge >= 0.3 is 6.03 Å². The second kappa shape index (κ2) is 14.7. The first-order valence-electron chi connectivity index (χ1n) is 15.4. The Bertz CT molecular complexity index is 1170. The highest BCUT2D eigenvalue weighted by Crippen LogP contribution is 2.50. The third-order valence-corrected chi connectivity index (χ3v) is 9.35. The minimum absolute atomic E-state index is 0.0523. The highest BCUT2D eigenvalue weighted by molar-refractivity contribution is 6.18. The van der Waals surface area contributed by atoms with Crippen molar-refractivity contribution in [3.63, 3.8) is 0 Å². The van der Waals surface area contributed by atoms with Crippen LogP contribution in [0.1, 0.15) is 51.5 Å². The van der Waals surface area contributed by atoms with E-state index in [9.17, 15) is 19.2 Å². The van der Waals surface area contributed by atoms with Crippen LogP contribution >= 0.6 is 11.6 Å². The number of piperazine rings is 1. The molecule has 0 bridgehead atoms. The monoisotopic (exact) mass is 620 g/mol. The molecule has 43 heavy (non-hydrogen) atoms. The van der Waals surface area contributed by atoms with Gasteiger partial charge in [0.25, 0.3) is 0 Å². The fourth-order valence-corrected chi connectivity index (χ4v) is 5.89. The lowest BCUT2D eigenvalue weighted by Crippen LogP contribution is -2.59. The molecule has 3 unspecified atom stereocenters. The Morgan fingerprint density at radius 1 is 1.12 bits per heavy atom.